The summed E-state index contributed by atoms with van der Waals surface area (Å²) in [6.07, 6.45) is -0.0200. The van der Waals surface area contributed by atoms with Gasteiger partial charge in [-0.2, -0.15) is 0 Å². The lowest BCUT2D eigenvalue weighted by atomic mass is 10.1. The zero-order valence-electron chi connectivity index (χ0n) is 13.3. The number of hydrogen-bond acceptors (Lipinski definition) is 6. The van der Waals surface area contributed by atoms with Gasteiger partial charge in [0.25, 0.3) is 0 Å². The summed E-state index contributed by atoms with van der Waals surface area (Å²) in [5.41, 5.74) is 0.890. The summed E-state index contributed by atoms with van der Waals surface area (Å²) in [7, 11) is 2.95. The average Bonchev–Trinajstić information content (AvgIpc) is 2.84. The molecule has 0 aliphatic carbocycles. The van der Waals surface area contributed by atoms with Crippen molar-refractivity contribution in [3.05, 3.63) is 18.2 Å². The SMILES string of the molecule is COc1cc2c(cc1OC(C)C)oc1c(OC)c(O)c(O)cc12. The number of furan rings is 1. The van der Waals surface area contributed by atoms with Gasteiger partial charge in [0, 0.05) is 16.8 Å². The summed E-state index contributed by atoms with van der Waals surface area (Å²) in [5, 5.41) is 21.1. The van der Waals surface area contributed by atoms with Crippen LogP contribution in [0.3, 0.4) is 0 Å². The highest BCUT2D eigenvalue weighted by Crippen LogP contribution is 2.47. The van der Waals surface area contributed by atoms with Crippen molar-refractivity contribution in [2.45, 2.75) is 20.0 Å². The third kappa shape index (κ3) is 2.36. The number of phenolic OH excluding ortho intramolecular Hbond substituents is 2. The van der Waals surface area contributed by atoms with Gasteiger partial charge in [-0.15, -0.1) is 0 Å². The summed E-state index contributed by atoms with van der Waals surface area (Å²) in [6, 6.07) is 4.93. The minimum Gasteiger partial charge on any atom is -0.504 e. The fourth-order valence-corrected chi connectivity index (χ4v) is 2.56. The minimum absolute atomic E-state index is 0.0200. The molecule has 3 aromatic rings. The molecule has 0 spiro atoms. The Labute approximate surface area is 132 Å². The number of benzene rings is 2. The monoisotopic (exact) mass is 318 g/mol. The summed E-state index contributed by atoms with van der Waals surface area (Å²) in [6.45, 7) is 3.84. The van der Waals surface area contributed by atoms with Crippen molar-refractivity contribution < 1.29 is 28.8 Å². The molecule has 6 heteroatoms. The summed E-state index contributed by atoms with van der Waals surface area (Å²) in [5.74, 6) is 0.562. The van der Waals surface area contributed by atoms with E-state index in [4.69, 9.17) is 18.6 Å². The van der Waals surface area contributed by atoms with Crippen LogP contribution in [0.25, 0.3) is 21.9 Å². The Kier molecular flexibility index (Phi) is 3.60. The number of hydrogen-bond donors (Lipinski definition) is 2. The van der Waals surface area contributed by atoms with Crippen LogP contribution in [0.1, 0.15) is 13.8 Å². The third-order valence-electron chi connectivity index (χ3n) is 3.52. The summed E-state index contributed by atoms with van der Waals surface area (Å²) < 4.78 is 22.1. The fraction of sp³-hybridized carbons (Fsp3) is 0.294. The van der Waals surface area contributed by atoms with E-state index in [1.54, 1.807) is 19.2 Å². The van der Waals surface area contributed by atoms with Gasteiger partial charge in [-0.25, -0.2) is 0 Å². The molecule has 6 nitrogen and oxygen atoms in total. The highest BCUT2D eigenvalue weighted by molar-refractivity contribution is 6.09. The van der Waals surface area contributed by atoms with Gasteiger partial charge < -0.3 is 28.8 Å². The smallest absolute Gasteiger partial charge is 0.208 e. The quantitative estimate of drug-likeness (QED) is 0.712. The van der Waals surface area contributed by atoms with Crippen LogP contribution in [0.4, 0.5) is 0 Å². The van der Waals surface area contributed by atoms with Crippen LogP contribution >= 0.6 is 0 Å². The molecule has 1 aromatic heterocycles. The molecule has 0 fully saturated rings. The first-order chi connectivity index (χ1) is 11.0. The second-order valence-corrected chi connectivity index (χ2v) is 5.42. The number of phenols is 2. The molecule has 2 N–H and O–H groups in total. The third-order valence-corrected chi connectivity index (χ3v) is 3.52. The molecule has 0 saturated heterocycles. The van der Waals surface area contributed by atoms with Crippen LogP contribution in [0.5, 0.6) is 28.7 Å². The number of rotatable bonds is 4. The first-order valence-corrected chi connectivity index (χ1v) is 7.16. The standard InChI is InChI=1S/C17H18O6/c1-8(2)22-14-7-12-9(6-13(14)20-3)10-5-11(18)15(19)17(21-4)16(10)23-12/h5-8,18-19H,1-4H3. The number of fused-ring (bicyclic) bond motifs is 3. The van der Waals surface area contributed by atoms with Gasteiger partial charge in [-0.05, 0) is 26.0 Å². The van der Waals surface area contributed by atoms with Crippen LogP contribution in [-0.2, 0) is 0 Å². The van der Waals surface area contributed by atoms with Gasteiger partial charge in [0.2, 0.25) is 11.5 Å². The van der Waals surface area contributed by atoms with Gasteiger partial charge in [-0.3, -0.25) is 0 Å². The average molecular weight is 318 g/mol. The van der Waals surface area contributed by atoms with Gasteiger partial charge >= 0.3 is 0 Å². The lowest BCUT2D eigenvalue weighted by Crippen LogP contribution is -2.06. The van der Waals surface area contributed by atoms with E-state index in [0.717, 1.165) is 5.39 Å². The molecule has 3 rings (SSSR count). The first kappa shape index (κ1) is 15.1. The van der Waals surface area contributed by atoms with Crippen molar-refractivity contribution in [1.29, 1.82) is 0 Å². The Balaban J connectivity index is 2.35. The molecule has 0 radical (unpaired) electrons. The molecular weight excluding hydrogens is 300 g/mol. The summed E-state index contributed by atoms with van der Waals surface area (Å²) in [4.78, 5) is 0. The molecule has 0 unspecified atom stereocenters. The van der Waals surface area contributed by atoms with Crippen molar-refractivity contribution in [2.75, 3.05) is 14.2 Å². The predicted molar refractivity (Wildman–Crippen MR) is 85.9 cm³/mol. The molecule has 0 atom stereocenters. The van der Waals surface area contributed by atoms with Gasteiger partial charge in [0.1, 0.15) is 5.58 Å². The Bertz CT molecular complexity index is 878. The molecule has 0 amide bonds. The second kappa shape index (κ2) is 5.46. The van der Waals surface area contributed by atoms with Crippen molar-refractivity contribution in [2.24, 2.45) is 0 Å². The van der Waals surface area contributed by atoms with Crippen molar-refractivity contribution >= 4 is 21.9 Å². The van der Waals surface area contributed by atoms with Crippen molar-refractivity contribution in [3.8, 4) is 28.7 Å². The van der Waals surface area contributed by atoms with Crippen molar-refractivity contribution in [3.63, 3.8) is 0 Å². The van der Waals surface area contributed by atoms with E-state index in [1.165, 1.54) is 13.2 Å². The molecular formula is C17H18O6. The van der Waals surface area contributed by atoms with Crippen LogP contribution in [-0.4, -0.2) is 30.5 Å². The van der Waals surface area contributed by atoms with Crippen molar-refractivity contribution in [1.82, 2.24) is 0 Å². The van der Waals surface area contributed by atoms with Gasteiger partial charge in [0.15, 0.2) is 22.8 Å². The van der Waals surface area contributed by atoms with Gasteiger partial charge in [-0.1, -0.05) is 0 Å². The number of ether oxygens (including phenoxy) is 3. The molecule has 0 saturated carbocycles. The lowest BCUT2D eigenvalue weighted by Gasteiger charge is -2.13. The normalized spacial score (nSPS) is 11.3. The highest BCUT2D eigenvalue weighted by atomic mass is 16.5. The van der Waals surface area contributed by atoms with E-state index >= 15 is 0 Å². The lowest BCUT2D eigenvalue weighted by molar-refractivity contribution is 0.230. The molecule has 0 aliphatic heterocycles. The van der Waals surface area contributed by atoms with Gasteiger partial charge in [0.05, 0.1) is 20.3 Å². The zero-order valence-corrected chi connectivity index (χ0v) is 13.3. The summed E-state index contributed by atoms with van der Waals surface area (Å²) >= 11 is 0. The maximum Gasteiger partial charge on any atom is 0.208 e. The molecule has 1 heterocycles. The highest BCUT2D eigenvalue weighted by Gasteiger charge is 2.21. The van der Waals surface area contributed by atoms with E-state index in [9.17, 15) is 10.2 Å². The van der Waals surface area contributed by atoms with E-state index in [1.807, 2.05) is 13.8 Å². The van der Waals surface area contributed by atoms with Crippen LogP contribution in [0.2, 0.25) is 0 Å². The largest absolute Gasteiger partial charge is 0.504 e. The molecule has 0 aliphatic rings. The van der Waals surface area contributed by atoms with Crippen LogP contribution in [0.15, 0.2) is 22.6 Å². The molecule has 0 bridgehead atoms. The fourth-order valence-electron chi connectivity index (χ4n) is 2.56. The number of methoxy groups -OCH3 is 2. The van der Waals surface area contributed by atoms with Crippen LogP contribution < -0.4 is 14.2 Å². The minimum atomic E-state index is -0.357. The zero-order chi connectivity index (χ0) is 16.7. The Morgan fingerprint density at radius 1 is 0.957 bits per heavy atom. The Morgan fingerprint density at radius 3 is 2.30 bits per heavy atom. The van der Waals surface area contributed by atoms with Crippen LogP contribution in [0, 0.1) is 0 Å². The van der Waals surface area contributed by atoms with E-state index in [-0.39, 0.29) is 23.4 Å². The predicted octanol–water partition coefficient (Wildman–Crippen LogP) is 3.80. The molecule has 122 valence electrons. The van der Waals surface area contributed by atoms with E-state index in [0.29, 0.717) is 28.1 Å². The second-order valence-electron chi connectivity index (χ2n) is 5.42. The Hall–Kier alpha value is -2.76. The maximum absolute atomic E-state index is 9.91. The number of aromatic hydroxyl groups is 2. The maximum atomic E-state index is 9.91. The first-order valence-electron chi connectivity index (χ1n) is 7.16. The van der Waals surface area contributed by atoms with E-state index < -0.39 is 0 Å². The molecule has 23 heavy (non-hydrogen) atoms. The van der Waals surface area contributed by atoms with E-state index in [2.05, 4.69) is 0 Å². The topological polar surface area (TPSA) is 81.3 Å². The molecule has 2 aromatic carbocycles. The Morgan fingerprint density at radius 2 is 1.70 bits per heavy atom.